The van der Waals surface area contributed by atoms with Gasteiger partial charge in [-0.25, -0.2) is 0 Å². The van der Waals surface area contributed by atoms with Crippen molar-refractivity contribution in [1.82, 2.24) is 0 Å². The van der Waals surface area contributed by atoms with Gasteiger partial charge in [-0.1, -0.05) is 72.8 Å². The van der Waals surface area contributed by atoms with Crippen LogP contribution in [0.2, 0.25) is 0 Å². The Kier molecular flexibility index (Phi) is 5.23. The quantitative estimate of drug-likeness (QED) is 0.423. The molecule has 0 aliphatic rings. The molecule has 0 heterocycles. The predicted octanol–water partition coefficient (Wildman–Crippen LogP) is 7.84. The summed E-state index contributed by atoms with van der Waals surface area (Å²) in [4.78, 5) is 0. The lowest BCUT2D eigenvalue weighted by Crippen LogP contribution is -1.80. The second-order valence-corrected chi connectivity index (χ2v) is 6.43. The van der Waals surface area contributed by atoms with Crippen molar-refractivity contribution in [1.29, 1.82) is 0 Å². The number of hydrogen-bond donors (Lipinski definition) is 0. The highest BCUT2D eigenvalue weighted by molar-refractivity contribution is 5.69. The number of allylic oxidation sites excluding steroid dienone is 2. The summed E-state index contributed by atoms with van der Waals surface area (Å²) in [6.07, 6.45) is 0. The number of nitrogens with zero attached hydrogens (tertiary/aromatic N) is 2. The third-order valence-electron chi connectivity index (χ3n) is 4.22. The van der Waals surface area contributed by atoms with E-state index >= 15 is 0 Å². The maximum absolute atomic E-state index is 4.31. The van der Waals surface area contributed by atoms with Crippen LogP contribution < -0.4 is 0 Å². The van der Waals surface area contributed by atoms with Crippen LogP contribution in [0, 0.1) is 0 Å². The average Bonchev–Trinajstić information content (AvgIpc) is 2.67. The van der Waals surface area contributed by atoms with E-state index in [0.29, 0.717) is 0 Å². The molecule has 0 radical (unpaired) electrons. The molecule has 3 rings (SSSR count). The monoisotopic (exact) mass is 338 g/mol. The van der Waals surface area contributed by atoms with E-state index in [9.17, 15) is 0 Å². The summed E-state index contributed by atoms with van der Waals surface area (Å²) < 4.78 is 0. The topological polar surface area (TPSA) is 24.7 Å². The number of rotatable bonds is 5. The molecule has 0 saturated heterocycles. The van der Waals surface area contributed by atoms with Crippen molar-refractivity contribution < 1.29 is 0 Å². The fourth-order valence-corrected chi connectivity index (χ4v) is 2.60. The van der Waals surface area contributed by atoms with Crippen molar-refractivity contribution in [2.75, 3.05) is 0 Å². The molecule has 0 aromatic heterocycles. The van der Waals surface area contributed by atoms with Gasteiger partial charge in [0.25, 0.3) is 0 Å². The van der Waals surface area contributed by atoms with Crippen molar-refractivity contribution in [3.8, 4) is 11.1 Å². The average molecular weight is 338 g/mol. The Morgan fingerprint density at radius 3 is 1.23 bits per heavy atom. The van der Waals surface area contributed by atoms with Crippen LogP contribution in [0.5, 0.6) is 0 Å². The minimum Gasteiger partial charge on any atom is -0.151 e. The highest BCUT2D eigenvalue weighted by Crippen LogP contribution is 2.26. The van der Waals surface area contributed by atoms with Gasteiger partial charge in [0.05, 0.1) is 11.4 Å². The molecule has 0 bridgehead atoms. The smallest absolute Gasteiger partial charge is 0.0857 e. The molecule has 0 spiro atoms. The Labute approximate surface area is 155 Å². The lowest BCUT2D eigenvalue weighted by molar-refractivity contribution is 1.23. The van der Waals surface area contributed by atoms with Crippen LogP contribution in [-0.4, -0.2) is 0 Å². The summed E-state index contributed by atoms with van der Waals surface area (Å²) in [5, 5.41) is 8.61. The lowest BCUT2D eigenvalue weighted by atomic mass is 10.0. The Balaban J connectivity index is 1.72. The van der Waals surface area contributed by atoms with Crippen LogP contribution in [0.3, 0.4) is 0 Å². The Bertz CT molecular complexity index is 945. The molecule has 0 saturated carbocycles. The minimum atomic E-state index is 0.828. The molecule has 3 aromatic carbocycles. The van der Waals surface area contributed by atoms with Crippen molar-refractivity contribution in [2.45, 2.75) is 13.8 Å². The molecule has 0 atom stereocenters. The van der Waals surface area contributed by atoms with E-state index in [-0.39, 0.29) is 0 Å². The lowest BCUT2D eigenvalue weighted by Gasteiger charge is -2.04. The molecule has 0 aliphatic heterocycles. The molecule has 128 valence electrons. The molecule has 2 heteroatoms. The SMILES string of the molecule is C=C(C)c1ccc(N=Nc2ccc(-c3ccc(C(=C)C)cc3)cc2)cc1. The molecule has 2 nitrogen and oxygen atoms in total. The summed E-state index contributed by atoms with van der Waals surface area (Å²) in [6.45, 7) is 11.9. The Hall–Kier alpha value is -3.26. The van der Waals surface area contributed by atoms with Crippen LogP contribution in [0.15, 0.2) is 96.2 Å². The summed E-state index contributed by atoms with van der Waals surface area (Å²) in [6, 6.07) is 24.4. The first-order valence-electron chi connectivity index (χ1n) is 8.57. The van der Waals surface area contributed by atoms with Crippen molar-refractivity contribution >= 4 is 22.5 Å². The normalized spacial score (nSPS) is 10.8. The van der Waals surface area contributed by atoms with Gasteiger partial charge in [0.2, 0.25) is 0 Å². The van der Waals surface area contributed by atoms with Gasteiger partial charge in [-0.05, 0) is 60.4 Å². The number of benzene rings is 3. The molecule has 0 aliphatic carbocycles. The first-order valence-corrected chi connectivity index (χ1v) is 8.57. The van der Waals surface area contributed by atoms with Crippen LogP contribution in [0.25, 0.3) is 22.3 Å². The molecular weight excluding hydrogens is 316 g/mol. The first-order chi connectivity index (χ1) is 12.5. The zero-order valence-electron chi connectivity index (χ0n) is 15.2. The molecule has 0 N–H and O–H groups in total. The van der Waals surface area contributed by atoms with Crippen LogP contribution in [0.4, 0.5) is 11.4 Å². The van der Waals surface area contributed by atoms with E-state index in [0.717, 1.165) is 39.2 Å². The molecule has 3 aromatic rings. The van der Waals surface area contributed by atoms with E-state index in [4.69, 9.17) is 0 Å². The highest BCUT2D eigenvalue weighted by Gasteiger charge is 2.00. The molecule has 0 amide bonds. The summed E-state index contributed by atoms with van der Waals surface area (Å²) in [7, 11) is 0. The van der Waals surface area contributed by atoms with Gasteiger partial charge < -0.3 is 0 Å². The van der Waals surface area contributed by atoms with Gasteiger partial charge in [0.1, 0.15) is 0 Å². The zero-order valence-corrected chi connectivity index (χ0v) is 15.2. The highest BCUT2D eigenvalue weighted by atomic mass is 15.1. The summed E-state index contributed by atoms with van der Waals surface area (Å²) >= 11 is 0. The first kappa shape index (κ1) is 17.6. The zero-order chi connectivity index (χ0) is 18.5. The fourth-order valence-electron chi connectivity index (χ4n) is 2.60. The van der Waals surface area contributed by atoms with Crippen LogP contribution >= 0.6 is 0 Å². The maximum Gasteiger partial charge on any atom is 0.0857 e. The van der Waals surface area contributed by atoms with E-state index in [1.807, 2.05) is 50.2 Å². The number of hydrogen-bond acceptors (Lipinski definition) is 2. The van der Waals surface area contributed by atoms with Crippen LogP contribution in [-0.2, 0) is 0 Å². The third kappa shape index (κ3) is 4.22. The summed E-state index contributed by atoms with van der Waals surface area (Å²) in [5.74, 6) is 0. The number of azo groups is 1. The van der Waals surface area contributed by atoms with Crippen molar-refractivity contribution in [3.63, 3.8) is 0 Å². The minimum absolute atomic E-state index is 0.828. The van der Waals surface area contributed by atoms with E-state index < -0.39 is 0 Å². The summed E-state index contributed by atoms with van der Waals surface area (Å²) in [5.41, 5.74) is 8.38. The molecule has 0 unspecified atom stereocenters. The van der Waals surface area contributed by atoms with E-state index in [1.165, 1.54) is 5.56 Å². The van der Waals surface area contributed by atoms with Gasteiger partial charge in [-0.2, -0.15) is 10.2 Å². The Morgan fingerprint density at radius 2 is 0.846 bits per heavy atom. The van der Waals surface area contributed by atoms with Gasteiger partial charge in [0.15, 0.2) is 0 Å². The largest absolute Gasteiger partial charge is 0.151 e. The second-order valence-electron chi connectivity index (χ2n) is 6.43. The van der Waals surface area contributed by atoms with Gasteiger partial charge in [-0.15, -0.1) is 0 Å². The third-order valence-corrected chi connectivity index (χ3v) is 4.22. The maximum atomic E-state index is 4.31. The van der Waals surface area contributed by atoms with Gasteiger partial charge >= 0.3 is 0 Å². The molecule has 26 heavy (non-hydrogen) atoms. The van der Waals surface area contributed by atoms with E-state index in [2.05, 4.69) is 59.8 Å². The van der Waals surface area contributed by atoms with Crippen LogP contribution in [0.1, 0.15) is 25.0 Å². The molecule has 0 fully saturated rings. The Morgan fingerprint density at radius 1 is 0.538 bits per heavy atom. The fraction of sp³-hybridized carbons (Fsp3) is 0.0833. The second kappa shape index (κ2) is 7.75. The van der Waals surface area contributed by atoms with Gasteiger partial charge in [-0.3, -0.25) is 0 Å². The van der Waals surface area contributed by atoms with E-state index in [1.54, 1.807) is 0 Å². The van der Waals surface area contributed by atoms with Gasteiger partial charge in [0, 0.05) is 0 Å². The molecular formula is C24H22N2. The predicted molar refractivity (Wildman–Crippen MR) is 112 cm³/mol. The standard InChI is InChI=1S/C24H22N2/c1-17(2)19-5-7-21(8-6-19)22-11-15-24(16-12-22)26-25-23-13-9-20(10-14-23)18(3)4/h5-16H,1,3H2,2,4H3. The van der Waals surface area contributed by atoms with Crippen molar-refractivity contribution in [3.05, 3.63) is 97.1 Å². The van der Waals surface area contributed by atoms with Crippen molar-refractivity contribution in [2.24, 2.45) is 10.2 Å².